The van der Waals surface area contributed by atoms with Gasteiger partial charge in [0.25, 0.3) is 0 Å². The lowest BCUT2D eigenvalue weighted by molar-refractivity contribution is -0.0353. The highest BCUT2D eigenvalue weighted by Crippen LogP contribution is 2.56. The van der Waals surface area contributed by atoms with Crippen LogP contribution in [0, 0.1) is 29.6 Å². The second-order valence-electron chi connectivity index (χ2n) is 8.57. The summed E-state index contributed by atoms with van der Waals surface area (Å²) in [7, 11) is 0. The molecule has 0 spiro atoms. The summed E-state index contributed by atoms with van der Waals surface area (Å²) in [6, 6.07) is 9.04. The highest BCUT2D eigenvalue weighted by molar-refractivity contribution is 5.27. The quantitative estimate of drug-likeness (QED) is 0.710. The number of nitrogens with one attached hydrogen (secondary N) is 1. The zero-order valence-electron chi connectivity index (χ0n) is 14.8. The van der Waals surface area contributed by atoms with Crippen LogP contribution < -0.4 is 5.32 Å². The molecule has 1 nitrogen and oxygen atoms in total. The molecule has 4 aliphatic rings. The van der Waals surface area contributed by atoms with Crippen molar-refractivity contribution in [2.24, 2.45) is 29.6 Å². The molecule has 4 bridgehead atoms. The molecule has 1 heteroatoms. The van der Waals surface area contributed by atoms with Crippen LogP contribution in [-0.2, 0) is 12.8 Å². The Bertz CT molecular complexity index is 492. The monoisotopic (exact) mass is 311 g/mol. The third kappa shape index (κ3) is 3.36. The molecule has 0 atom stereocenters. The standard InChI is InChI=1S/C22H33N/c1-2-5-18-6-3-4-7-19(18)8-9-23-15-22-20-11-16-10-17(13-20)14-21(22)12-16/h3-4,6-7,16-17,20-23H,2,5,8-15H2,1H3. The maximum absolute atomic E-state index is 3.83. The maximum Gasteiger partial charge on any atom is -0.000813 e. The Morgan fingerprint density at radius 2 is 1.48 bits per heavy atom. The fourth-order valence-electron chi connectivity index (χ4n) is 6.18. The highest BCUT2D eigenvalue weighted by Gasteiger charge is 2.47. The van der Waals surface area contributed by atoms with Gasteiger partial charge in [0.05, 0.1) is 0 Å². The average molecular weight is 312 g/mol. The summed E-state index contributed by atoms with van der Waals surface area (Å²) in [5.74, 6) is 5.33. The van der Waals surface area contributed by atoms with Gasteiger partial charge in [-0.25, -0.2) is 0 Å². The van der Waals surface area contributed by atoms with Gasteiger partial charge >= 0.3 is 0 Å². The Hall–Kier alpha value is -0.820. The van der Waals surface area contributed by atoms with E-state index >= 15 is 0 Å². The molecule has 4 saturated carbocycles. The number of aryl methyl sites for hydroxylation is 1. The van der Waals surface area contributed by atoms with Crippen LogP contribution >= 0.6 is 0 Å². The Morgan fingerprint density at radius 3 is 2.09 bits per heavy atom. The lowest BCUT2D eigenvalue weighted by Crippen LogP contribution is -2.48. The van der Waals surface area contributed by atoms with E-state index in [0.717, 1.165) is 36.1 Å². The molecule has 1 N–H and O–H groups in total. The van der Waals surface area contributed by atoms with Gasteiger partial charge in [-0.1, -0.05) is 37.6 Å². The molecule has 0 aliphatic heterocycles. The van der Waals surface area contributed by atoms with Gasteiger partial charge in [-0.15, -0.1) is 0 Å². The normalized spacial score (nSPS) is 34.9. The van der Waals surface area contributed by atoms with Gasteiger partial charge in [-0.3, -0.25) is 0 Å². The van der Waals surface area contributed by atoms with Crippen molar-refractivity contribution in [1.29, 1.82) is 0 Å². The summed E-state index contributed by atoms with van der Waals surface area (Å²) >= 11 is 0. The molecule has 0 aromatic heterocycles. The summed E-state index contributed by atoms with van der Waals surface area (Å²) in [5.41, 5.74) is 3.12. The van der Waals surface area contributed by atoms with Crippen LogP contribution in [0.4, 0.5) is 0 Å². The summed E-state index contributed by atoms with van der Waals surface area (Å²) < 4.78 is 0. The van der Waals surface area contributed by atoms with Gasteiger partial charge < -0.3 is 5.32 Å². The van der Waals surface area contributed by atoms with E-state index in [-0.39, 0.29) is 0 Å². The number of hydrogen-bond donors (Lipinski definition) is 1. The predicted octanol–water partition coefficient (Wildman–Crippen LogP) is 4.84. The third-order valence-electron chi connectivity index (χ3n) is 7.01. The molecule has 0 radical (unpaired) electrons. The van der Waals surface area contributed by atoms with E-state index < -0.39 is 0 Å². The number of benzene rings is 1. The van der Waals surface area contributed by atoms with E-state index in [9.17, 15) is 0 Å². The van der Waals surface area contributed by atoms with Crippen molar-refractivity contribution in [2.75, 3.05) is 13.1 Å². The molecule has 0 saturated heterocycles. The molecular formula is C22H33N. The number of hydrogen-bond acceptors (Lipinski definition) is 1. The van der Waals surface area contributed by atoms with Crippen LogP contribution in [0.15, 0.2) is 24.3 Å². The first kappa shape index (κ1) is 15.7. The van der Waals surface area contributed by atoms with Gasteiger partial charge in [0.1, 0.15) is 0 Å². The largest absolute Gasteiger partial charge is 0.316 e. The van der Waals surface area contributed by atoms with Crippen LogP contribution in [0.3, 0.4) is 0 Å². The summed E-state index contributed by atoms with van der Waals surface area (Å²) in [6.45, 7) is 4.72. The van der Waals surface area contributed by atoms with Gasteiger partial charge in [0.2, 0.25) is 0 Å². The fraction of sp³-hybridized carbons (Fsp3) is 0.727. The first-order valence-electron chi connectivity index (χ1n) is 10.1. The van der Waals surface area contributed by atoms with Crippen LogP contribution in [0.5, 0.6) is 0 Å². The van der Waals surface area contributed by atoms with E-state index in [4.69, 9.17) is 0 Å². The Balaban J connectivity index is 1.26. The van der Waals surface area contributed by atoms with Crippen molar-refractivity contribution in [3.05, 3.63) is 35.4 Å². The smallest absolute Gasteiger partial charge is 0.000813 e. The van der Waals surface area contributed by atoms with Gasteiger partial charge in [0, 0.05) is 0 Å². The summed E-state index contributed by atoms with van der Waals surface area (Å²) in [4.78, 5) is 0. The zero-order chi connectivity index (χ0) is 15.6. The lowest BCUT2D eigenvalue weighted by Gasteiger charge is -2.54. The predicted molar refractivity (Wildman–Crippen MR) is 97.5 cm³/mol. The molecule has 1 aromatic rings. The van der Waals surface area contributed by atoms with E-state index in [0.29, 0.717) is 0 Å². The average Bonchev–Trinajstić information content (AvgIpc) is 2.54. The van der Waals surface area contributed by atoms with E-state index in [1.807, 2.05) is 0 Å². The van der Waals surface area contributed by atoms with Crippen molar-refractivity contribution >= 4 is 0 Å². The molecular weight excluding hydrogens is 278 g/mol. The van der Waals surface area contributed by atoms with Crippen LogP contribution in [0.1, 0.15) is 56.6 Å². The van der Waals surface area contributed by atoms with Crippen LogP contribution in [0.25, 0.3) is 0 Å². The third-order valence-corrected chi connectivity index (χ3v) is 7.01. The first-order chi connectivity index (χ1) is 11.3. The van der Waals surface area contributed by atoms with E-state index in [2.05, 4.69) is 36.5 Å². The van der Waals surface area contributed by atoms with E-state index in [1.54, 1.807) is 43.2 Å². The first-order valence-corrected chi connectivity index (χ1v) is 10.1. The molecule has 4 aliphatic carbocycles. The van der Waals surface area contributed by atoms with Crippen molar-refractivity contribution in [1.82, 2.24) is 5.32 Å². The van der Waals surface area contributed by atoms with Crippen molar-refractivity contribution in [3.8, 4) is 0 Å². The van der Waals surface area contributed by atoms with Crippen molar-refractivity contribution in [3.63, 3.8) is 0 Å². The molecule has 126 valence electrons. The minimum atomic E-state index is 0.994. The Labute approximate surface area is 142 Å². The molecule has 4 fully saturated rings. The number of rotatable bonds is 7. The second kappa shape index (κ2) is 6.97. The zero-order valence-corrected chi connectivity index (χ0v) is 14.8. The van der Waals surface area contributed by atoms with E-state index in [1.165, 1.54) is 25.8 Å². The van der Waals surface area contributed by atoms with Crippen LogP contribution in [-0.4, -0.2) is 13.1 Å². The van der Waals surface area contributed by atoms with Crippen LogP contribution in [0.2, 0.25) is 0 Å². The molecule has 0 amide bonds. The van der Waals surface area contributed by atoms with Gasteiger partial charge in [-0.05, 0) is 98.8 Å². The molecule has 23 heavy (non-hydrogen) atoms. The molecule has 0 heterocycles. The molecule has 0 unspecified atom stereocenters. The molecule has 1 aromatic carbocycles. The topological polar surface area (TPSA) is 12.0 Å². The van der Waals surface area contributed by atoms with Crippen molar-refractivity contribution < 1.29 is 0 Å². The summed E-state index contributed by atoms with van der Waals surface area (Å²) in [6.07, 6.45) is 11.5. The lowest BCUT2D eigenvalue weighted by atomic mass is 9.52. The molecule has 5 rings (SSSR count). The van der Waals surface area contributed by atoms with Gasteiger partial charge in [0.15, 0.2) is 0 Å². The fourth-order valence-corrected chi connectivity index (χ4v) is 6.18. The Morgan fingerprint density at radius 1 is 0.870 bits per heavy atom. The highest BCUT2D eigenvalue weighted by atomic mass is 14.9. The SMILES string of the molecule is CCCc1ccccc1CCNCC1C2CC3CC(C2)CC1C3. The maximum atomic E-state index is 3.83. The second-order valence-corrected chi connectivity index (χ2v) is 8.57. The van der Waals surface area contributed by atoms with Gasteiger partial charge in [-0.2, -0.15) is 0 Å². The summed E-state index contributed by atoms with van der Waals surface area (Å²) in [5, 5.41) is 3.83. The van der Waals surface area contributed by atoms with Crippen molar-refractivity contribution in [2.45, 2.75) is 58.3 Å². The minimum absolute atomic E-state index is 0.994. The Kier molecular flexibility index (Phi) is 4.76. The minimum Gasteiger partial charge on any atom is -0.316 e.